The molecule has 0 spiro atoms. The van der Waals surface area contributed by atoms with E-state index < -0.39 is 18.2 Å². The normalized spacial score (nSPS) is 23.5. The number of nitrogens with zero attached hydrogens (tertiary/aromatic N) is 1. The van der Waals surface area contributed by atoms with Crippen molar-refractivity contribution in [3.63, 3.8) is 0 Å². The van der Waals surface area contributed by atoms with Gasteiger partial charge >= 0.3 is 0 Å². The molecule has 1 aliphatic carbocycles. The van der Waals surface area contributed by atoms with Crippen LogP contribution in [-0.2, 0) is 0 Å². The monoisotopic (exact) mass is 185 g/mol. The minimum absolute atomic E-state index is 0.306. The zero-order chi connectivity index (χ0) is 9.73. The molecule has 0 aliphatic heterocycles. The van der Waals surface area contributed by atoms with E-state index in [0.29, 0.717) is 6.42 Å². The second kappa shape index (κ2) is 4.57. The van der Waals surface area contributed by atoms with Crippen molar-refractivity contribution >= 4 is 0 Å². The maximum atomic E-state index is 12.1. The van der Waals surface area contributed by atoms with Crippen molar-refractivity contribution in [1.82, 2.24) is 0 Å². The molecule has 0 aromatic carbocycles. The molecule has 0 aromatic heterocycles. The zero-order valence-corrected chi connectivity index (χ0v) is 7.80. The molecule has 1 saturated carbocycles. The Morgan fingerprint density at radius 1 is 1.38 bits per heavy atom. The van der Waals surface area contributed by atoms with Crippen LogP contribution in [0.3, 0.4) is 0 Å². The minimum atomic E-state index is -0.947. The summed E-state index contributed by atoms with van der Waals surface area (Å²) in [6.45, 7) is -0.733. The van der Waals surface area contributed by atoms with Gasteiger partial charge in [0.15, 0.2) is 0 Å². The fourth-order valence-corrected chi connectivity index (χ4v) is 2.10. The molecule has 3 heteroatoms. The highest BCUT2D eigenvalue weighted by molar-refractivity contribution is 5.01. The highest BCUT2D eigenvalue weighted by Gasteiger charge is 2.34. The highest BCUT2D eigenvalue weighted by atomic mass is 19.1. The topological polar surface area (TPSA) is 44.0 Å². The molecule has 1 atom stereocenters. The van der Waals surface area contributed by atoms with Gasteiger partial charge in [-0.1, -0.05) is 19.3 Å². The van der Waals surface area contributed by atoms with E-state index in [1.807, 2.05) is 0 Å². The maximum Gasteiger partial charge on any atom is 0.115 e. The molecule has 13 heavy (non-hydrogen) atoms. The molecule has 1 unspecified atom stereocenters. The molecule has 2 nitrogen and oxygen atoms in total. The van der Waals surface area contributed by atoms with Crippen LogP contribution in [0, 0.1) is 16.7 Å². The molecule has 1 fully saturated rings. The van der Waals surface area contributed by atoms with Gasteiger partial charge in [-0.05, 0) is 19.3 Å². The Morgan fingerprint density at radius 2 is 2.00 bits per heavy atom. The van der Waals surface area contributed by atoms with Crippen LogP contribution in [0.25, 0.3) is 0 Å². The third-order valence-electron chi connectivity index (χ3n) is 2.85. The van der Waals surface area contributed by atoms with E-state index in [1.54, 1.807) is 0 Å². The van der Waals surface area contributed by atoms with Crippen LogP contribution in [0.5, 0.6) is 0 Å². The molecule has 0 saturated heterocycles. The van der Waals surface area contributed by atoms with Gasteiger partial charge < -0.3 is 5.11 Å². The Morgan fingerprint density at radius 3 is 2.46 bits per heavy atom. The zero-order valence-electron chi connectivity index (χ0n) is 7.80. The predicted octanol–water partition coefficient (Wildman–Crippen LogP) is 2.18. The number of aliphatic hydroxyl groups excluding tert-OH is 1. The van der Waals surface area contributed by atoms with Gasteiger partial charge in [0.2, 0.25) is 0 Å². The number of hydrogen-bond donors (Lipinski definition) is 1. The van der Waals surface area contributed by atoms with Gasteiger partial charge in [-0.15, -0.1) is 0 Å². The molecule has 1 aliphatic rings. The summed E-state index contributed by atoms with van der Waals surface area (Å²) >= 11 is 0. The van der Waals surface area contributed by atoms with Crippen molar-refractivity contribution in [2.45, 2.75) is 44.6 Å². The van der Waals surface area contributed by atoms with Gasteiger partial charge in [-0.2, -0.15) is 5.26 Å². The van der Waals surface area contributed by atoms with Crippen LogP contribution in [0.2, 0.25) is 0 Å². The summed E-state index contributed by atoms with van der Waals surface area (Å²) in [6.07, 6.45) is 4.23. The lowest BCUT2D eigenvalue weighted by Gasteiger charge is -2.31. The number of nitriles is 1. The summed E-state index contributed by atoms with van der Waals surface area (Å²) < 4.78 is 12.1. The summed E-state index contributed by atoms with van der Waals surface area (Å²) in [5.41, 5.74) is -0.441. The van der Waals surface area contributed by atoms with Crippen molar-refractivity contribution in [1.29, 1.82) is 5.26 Å². The summed E-state index contributed by atoms with van der Waals surface area (Å²) in [4.78, 5) is 0. The molecule has 0 heterocycles. The molecule has 0 aromatic rings. The van der Waals surface area contributed by atoms with E-state index in [9.17, 15) is 9.50 Å². The van der Waals surface area contributed by atoms with E-state index in [4.69, 9.17) is 5.26 Å². The van der Waals surface area contributed by atoms with Gasteiger partial charge in [-0.3, -0.25) is 0 Å². The summed E-state index contributed by atoms with van der Waals surface area (Å²) in [6, 6.07) is 2.26. The van der Waals surface area contributed by atoms with Crippen LogP contribution in [0.4, 0.5) is 4.39 Å². The fraction of sp³-hybridized carbons (Fsp3) is 0.900. The Kier molecular flexibility index (Phi) is 3.68. The van der Waals surface area contributed by atoms with Crippen LogP contribution in [0.15, 0.2) is 0 Å². The number of halogens is 1. The smallest absolute Gasteiger partial charge is 0.115 e. The van der Waals surface area contributed by atoms with Gasteiger partial charge in [0, 0.05) is 0 Å². The lowest BCUT2D eigenvalue weighted by atomic mass is 9.72. The fourth-order valence-electron chi connectivity index (χ4n) is 2.10. The van der Waals surface area contributed by atoms with Crippen LogP contribution in [0.1, 0.15) is 38.5 Å². The maximum absolute atomic E-state index is 12.1. The highest BCUT2D eigenvalue weighted by Crippen LogP contribution is 2.39. The van der Waals surface area contributed by atoms with Gasteiger partial charge in [0.25, 0.3) is 0 Å². The van der Waals surface area contributed by atoms with Gasteiger partial charge in [-0.25, -0.2) is 4.39 Å². The SMILES string of the molecule is N#CC1(CC(O)CF)CCCCC1. The van der Waals surface area contributed by atoms with Gasteiger partial charge in [0.05, 0.1) is 17.6 Å². The lowest BCUT2D eigenvalue weighted by Crippen LogP contribution is -2.28. The number of hydrogen-bond acceptors (Lipinski definition) is 2. The van der Waals surface area contributed by atoms with Crippen LogP contribution >= 0.6 is 0 Å². The molecular formula is C10H16FNO. The second-order valence-corrected chi connectivity index (χ2v) is 3.97. The van der Waals surface area contributed by atoms with E-state index in [-0.39, 0.29) is 0 Å². The van der Waals surface area contributed by atoms with E-state index in [1.165, 1.54) is 0 Å². The van der Waals surface area contributed by atoms with E-state index >= 15 is 0 Å². The van der Waals surface area contributed by atoms with Gasteiger partial charge in [0.1, 0.15) is 6.67 Å². The number of rotatable bonds is 3. The van der Waals surface area contributed by atoms with Crippen LogP contribution in [-0.4, -0.2) is 17.9 Å². The average Bonchev–Trinajstić information content (AvgIpc) is 2.19. The first-order valence-corrected chi connectivity index (χ1v) is 4.88. The van der Waals surface area contributed by atoms with Crippen molar-refractivity contribution in [3.05, 3.63) is 0 Å². The number of aliphatic hydroxyl groups is 1. The molecule has 1 N–H and O–H groups in total. The van der Waals surface area contributed by atoms with Crippen molar-refractivity contribution < 1.29 is 9.50 Å². The molecule has 0 bridgehead atoms. The minimum Gasteiger partial charge on any atom is -0.390 e. The van der Waals surface area contributed by atoms with Crippen molar-refractivity contribution in [3.8, 4) is 6.07 Å². The third-order valence-corrected chi connectivity index (χ3v) is 2.85. The Hall–Kier alpha value is -0.620. The Labute approximate surface area is 78.4 Å². The Bertz CT molecular complexity index is 194. The summed E-state index contributed by atoms with van der Waals surface area (Å²) in [5, 5.41) is 18.2. The molecule has 0 radical (unpaired) electrons. The standard InChI is InChI=1S/C10H16FNO/c11-7-9(13)6-10(8-12)4-2-1-3-5-10/h9,13H,1-7H2. The van der Waals surface area contributed by atoms with Crippen LogP contribution < -0.4 is 0 Å². The summed E-state index contributed by atoms with van der Waals surface area (Å²) in [5.74, 6) is 0. The first kappa shape index (κ1) is 10.5. The average molecular weight is 185 g/mol. The molecule has 74 valence electrons. The van der Waals surface area contributed by atoms with Crippen molar-refractivity contribution in [2.24, 2.45) is 5.41 Å². The predicted molar refractivity (Wildman–Crippen MR) is 47.7 cm³/mol. The molecule has 0 amide bonds. The quantitative estimate of drug-likeness (QED) is 0.732. The molecule has 1 rings (SSSR count). The van der Waals surface area contributed by atoms with E-state index in [0.717, 1.165) is 32.1 Å². The lowest BCUT2D eigenvalue weighted by molar-refractivity contribution is 0.0802. The third kappa shape index (κ3) is 2.67. The molecular weight excluding hydrogens is 169 g/mol. The van der Waals surface area contributed by atoms with E-state index in [2.05, 4.69) is 6.07 Å². The largest absolute Gasteiger partial charge is 0.390 e. The summed E-state index contributed by atoms with van der Waals surface area (Å²) in [7, 11) is 0. The second-order valence-electron chi connectivity index (χ2n) is 3.97. The first-order chi connectivity index (χ1) is 6.22. The first-order valence-electron chi connectivity index (χ1n) is 4.88. The Balaban J connectivity index is 2.53. The number of alkyl halides is 1. The van der Waals surface area contributed by atoms with Crippen molar-refractivity contribution in [2.75, 3.05) is 6.67 Å².